The van der Waals surface area contributed by atoms with Gasteiger partial charge >= 0.3 is 0 Å². The van der Waals surface area contributed by atoms with Gasteiger partial charge in [0, 0.05) is 17.6 Å². The average molecular weight is 510 g/mol. The Morgan fingerprint density at radius 2 is 1.11 bits per heavy atom. The van der Waals surface area contributed by atoms with E-state index in [-0.39, 0.29) is 17.2 Å². The molecule has 1 aliphatic heterocycles. The first-order valence-electron chi connectivity index (χ1n) is 12.7. The highest BCUT2D eigenvalue weighted by molar-refractivity contribution is 6.28. The molecule has 3 aromatic carbocycles. The van der Waals surface area contributed by atoms with Crippen LogP contribution in [0.25, 0.3) is 0 Å². The molecule has 0 atom stereocenters. The molecule has 0 radical (unpaired) electrons. The highest BCUT2D eigenvalue weighted by Gasteiger charge is 2.24. The molecular weight excluding hydrogens is 474 g/mol. The third kappa shape index (κ3) is 7.56. The van der Waals surface area contributed by atoms with Crippen LogP contribution in [0.3, 0.4) is 0 Å². The second-order valence-corrected chi connectivity index (χ2v) is 9.21. The number of nitrogens with zero attached hydrogens (tertiary/aromatic N) is 1. The molecule has 0 aromatic heterocycles. The Hall–Kier alpha value is -4.38. The maximum Gasteiger partial charge on any atom is 0.258 e. The Labute approximate surface area is 225 Å². The van der Waals surface area contributed by atoms with E-state index in [1.165, 1.54) is 23.3 Å². The second kappa shape index (κ2) is 13.8. The predicted octanol–water partition coefficient (Wildman–Crippen LogP) is 7.04. The standard InChI is InChI=1S/C23H28O2.C10H7NO2/c1-5-7-17-24-21-13-9-19(10-14-21)23(3,4)20-11-15-22(16-12-20)25-18-8-6-2;12-9-6-7-10(13)11(9)8-4-2-1-3-5-8/h5-6,9-16H,1-2,7-8,17-18H2,3-4H3;1-7H. The van der Waals surface area contributed by atoms with Crippen molar-refractivity contribution < 1.29 is 19.1 Å². The van der Waals surface area contributed by atoms with Crippen molar-refractivity contribution in [2.45, 2.75) is 32.1 Å². The molecule has 1 heterocycles. The van der Waals surface area contributed by atoms with Gasteiger partial charge in [-0.2, -0.15) is 0 Å². The zero-order valence-corrected chi connectivity index (χ0v) is 22.1. The number of anilines is 1. The fraction of sp³-hybridized carbons (Fsp3) is 0.212. The number of para-hydroxylation sites is 1. The SMILES string of the molecule is C=CCCOc1ccc(C(C)(C)c2ccc(OCCC=C)cc2)cc1.O=C1C=CC(=O)N1c1ccccc1. The number of hydrogen-bond acceptors (Lipinski definition) is 4. The first kappa shape index (κ1) is 28.2. The Bertz CT molecular complexity index is 1160. The Morgan fingerprint density at radius 3 is 1.50 bits per heavy atom. The van der Waals surface area contributed by atoms with E-state index in [4.69, 9.17) is 9.47 Å². The number of carbonyl (C=O) groups is 2. The minimum atomic E-state index is -0.281. The largest absolute Gasteiger partial charge is 0.493 e. The molecule has 0 saturated carbocycles. The highest BCUT2D eigenvalue weighted by atomic mass is 16.5. The number of ether oxygens (including phenoxy) is 2. The van der Waals surface area contributed by atoms with E-state index in [0.717, 1.165) is 29.2 Å². The van der Waals surface area contributed by atoms with Crippen LogP contribution < -0.4 is 14.4 Å². The molecule has 0 saturated heterocycles. The number of benzene rings is 3. The van der Waals surface area contributed by atoms with E-state index in [0.29, 0.717) is 18.9 Å². The van der Waals surface area contributed by atoms with Crippen molar-refractivity contribution >= 4 is 17.5 Å². The molecule has 0 spiro atoms. The third-order valence-electron chi connectivity index (χ3n) is 6.16. The van der Waals surface area contributed by atoms with Gasteiger partial charge in [-0.3, -0.25) is 9.59 Å². The number of hydrogen-bond donors (Lipinski definition) is 0. The zero-order chi connectivity index (χ0) is 27.4. The topological polar surface area (TPSA) is 55.8 Å². The molecule has 0 N–H and O–H groups in total. The monoisotopic (exact) mass is 509 g/mol. The van der Waals surface area contributed by atoms with Crippen LogP contribution in [0.4, 0.5) is 5.69 Å². The lowest BCUT2D eigenvalue weighted by Crippen LogP contribution is -2.29. The second-order valence-electron chi connectivity index (χ2n) is 9.21. The van der Waals surface area contributed by atoms with Gasteiger partial charge in [-0.25, -0.2) is 4.90 Å². The van der Waals surface area contributed by atoms with E-state index in [9.17, 15) is 9.59 Å². The van der Waals surface area contributed by atoms with Crippen molar-refractivity contribution in [2.24, 2.45) is 0 Å². The lowest BCUT2D eigenvalue weighted by atomic mass is 9.78. The molecule has 196 valence electrons. The number of imide groups is 1. The van der Waals surface area contributed by atoms with Crippen LogP contribution in [0, 0.1) is 0 Å². The molecule has 2 amide bonds. The molecular formula is C33H35NO4. The Balaban J connectivity index is 0.000000256. The van der Waals surface area contributed by atoms with Gasteiger partial charge in [0.2, 0.25) is 0 Å². The van der Waals surface area contributed by atoms with Crippen LogP contribution in [-0.2, 0) is 15.0 Å². The molecule has 0 unspecified atom stereocenters. The third-order valence-corrected chi connectivity index (χ3v) is 6.16. The minimum Gasteiger partial charge on any atom is -0.493 e. The maximum atomic E-state index is 11.2. The van der Waals surface area contributed by atoms with Crippen molar-refractivity contribution in [1.82, 2.24) is 0 Å². The molecule has 0 aliphatic carbocycles. The number of rotatable bonds is 11. The molecule has 0 fully saturated rings. The molecule has 38 heavy (non-hydrogen) atoms. The summed E-state index contributed by atoms with van der Waals surface area (Å²) in [4.78, 5) is 23.5. The molecule has 4 rings (SSSR count). The van der Waals surface area contributed by atoms with Crippen molar-refractivity contribution in [3.05, 3.63) is 127 Å². The van der Waals surface area contributed by atoms with Gasteiger partial charge in [0.15, 0.2) is 0 Å². The maximum absolute atomic E-state index is 11.2. The van der Waals surface area contributed by atoms with E-state index in [1.54, 1.807) is 24.3 Å². The normalized spacial score (nSPS) is 12.5. The zero-order valence-electron chi connectivity index (χ0n) is 22.1. The van der Waals surface area contributed by atoms with Gasteiger partial charge in [-0.05, 0) is 60.4 Å². The smallest absolute Gasteiger partial charge is 0.258 e. The molecule has 5 nitrogen and oxygen atoms in total. The van der Waals surface area contributed by atoms with E-state index in [2.05, 4.69) is 51.3 Å². The fourth-order valence-electron chi connectivity index (χ4n) is 3.85. The summed E-state index contributed by atoms with van der Waals surface area (Å²) in [5.41, 5.74) is 3.04. The molecule has 1 aliphatic rings. The predicted molar refractivity (Wildman–Crippen MR) is 154 cm³/mol. The minimum absolute atomic E-state index is 0.0840. The van der Waals surface area contributed by atoms with Crippen molar-refractivity contribution in [3.63, 3.8) is 0 Å². The van der Waals surface area contributed by atoms with Crippen LogP contribution in [0.1, 0.15) is 37.8 Å². The summed E-state index contributed by atoms with van der Waals surface area (Å²) in [6.07, 6.45) is 7.98. The van der Waals surface area contributed by atoms with Crippen molar-refractivity contribution in [2.75, 3.05) is 18.1 Å². The van der Waals surface area contributed by atoms with E-state index >= 15 is 0 Å². The summed E-state index contributed by atoms with van der Waals surface area (Å²) in [5, 5.41) is 0. The first-order chi connectivity index (χ1) is 18.4. The van der Waals surface area contributed by atoms with Crippen molar-refractivity contribution in [1.29, 1.82) is 0 Å². The molecule has 5 heteroatoms. The average Bonchev–Trinajstić information content (AvgIpc) is 3.28. The lowest BCUT2D eigenvalue weighted by molar-refractivity contribution is -0.119. The summed E-state index contributed by atoms with van der Waals surface area (Å²) in [7, 11) is 0. The van der Waals surface area contributed by atoms with Crippen LogP contribution in [0.2, 0.25) is 0 Å². The van der Waals surface area contributed by atoms with Gasteiger partial charge in [-0.1, -0.05) is 68.5 Å². The molecule has 3 aromatic rings. The van der Waals surface area contributed by atoms with Gasteiger partial charge in [-0.15, -0.1) is 13.2 Å². The summed E-state index contributed by atoms with van der Waals surface area (Å²) >= 11 is 0. The van der Waals surface area contributed by atoms with Crippen LogP contribution in [-0.4, -0.2) is 25.0 Å². The number of carbonyl (C=O) groups excluding carboxylic acids is 2. The summed E-state index contributed by atoms with van der Waals surface area (Å²) < 4.78 is 11.4. The lowest BCUT2D eigenvalue weighted by Gasteiger charge is -2.26. The van der Waals surface area contributed by atoms with Crippen LogP contribution >= 0.6 is 0 Å². The highest BCUT2D eigenvalue weighted by Crippen LogP contribution is 2.33. The van der Waals surface area contributed by atoms with E-state index in [1.807, 2.05) is 42.5 Å². The van der Waals surface area contributed by atoms with Crippen molar-refractivity contribution in [3.8, 4) is 11.5 Å². The summed E-state index contributed by atoms with van der Waals surface area (Å²) in [5.74, 6) is 1.23. The van der Waals surface area contributed by atoms with Gasteiger partial charge in [0.1, 0.15) is 11.5 Å². The van der Waals surface area contributed by atoms with Gasteiger partial charge in [0.25, 0.3) is 11.8 Å². The van der Waals surface area contributed by atoms with Gasteiger partial charge in [0.05, 0.1) is 18.9 Å². The Morgan fingerprint density at radius 1 is 0.684 bits per heavy atom. The quantitative estimate of drug-likeness (QED) is 0.158. The van der Waals surface area contributed by atoms with Crippen LogP contribution in [0.5, 0.6) is 11.5 Å². The first-order valence-corrected chi connectivity index (χ1v) is 12.7. The van der Waals surface area contributed by atoms with Gasteiger partial charge < -0.3 is 9.47 Å². The Kier molecular flexibility index (Phi) is 10.2. The summed E-state index contributed by atoms with van der Waals surface area (Å²) in [6, 6.07) is 25.5. The number of amides is 2. The fourth-order valence-corrected chi connectivity index (χ4v) is 3.85. The molecule has 0 bridgehead atoms. The van der Waals surface area contributed by atoms with E-state index < -0.39 is 0 Å². The summed E-state index contributed by atoms with van der Waals surface area (Å²) in [6.45, 7) is 13.2. The van der Waals surface area contributed by atoms with Crippen LogP contribution in [0.15, 0.2) is 116 Å².